The molecule has 1 aliphatic heterocycles. The summed E-state index contributed by atoms with van der Waals surface area (Å²) in [5, 5.41) is 3.85. The second-order valence-corrected chi connectivity index (χ2v) is 9.65. The zero-order valence-electron chi connectivity index (χ0n) is 18.0. The van der Waals surface area contributed by atoms with E-state index in [1.165, 1.54) is 28.6 Å². The molecule has 2 aromatic heterocycles. The highest BCUT2D eigenvalue weighted by Crippen LogP contribution is 2.25. The molecule has 0 amide bonds. The largest absolute Gasteiger partial charge is 0.452 e. The Kier molecular flexibility index (Phi) is 5.91. The summed E-state index contributed by atoms with van der Waals surface area (Å²) in [4.78, 5) is 20.8. The average molecular weight is 477 g/mol. The van der Waals surface area contributed by atoms with Crippen LogP contribution in [-0.2, 0) is 34.3 Å². The molecule has 0 atom stereocenters. The molecule has 0 radical (unpaired) electrons. The molecule has 0 spiro atoms. The molecule has 172 valence electrons. The number of carbonyl (C=O) groups excluding carboxylic acids is 1. The molecule has 34 heavy (non-hydrogen) atoms. The van der Waals surface area contributed by atoms with Crippen molar-refractivity contribution in [3.8, 4) is 11.4 Å². The number of sulfonamides is 1. The molecule has 0 saturated carbocycles. The first-order valence-corrected chi connectivity index (χ1v) is 12.0. The van der Waals surface area contributed by atoms with E-state index in [1.54, 1.807) is 24.5 Å². The summed E-state index contributed by atoms with van der Waals surface area (Å²) in [6, 6.07) is 17.1. The van der Waals surface area contributed by atoms with Gasteiger partial charge in [-0.3, -0.25) is 4.98 Å². The van der Waals surface area contributed by atoms with Gasteiger partial charge in [-0.25, -0.2) is 13.2 Å². The van der Waals surface area contributed by atoms with Crippen LogP contribution in [0.3, 0.4) is 0 Å². The van der Waals surface area contributed by atoms with E-state index in [4.69, 9.17) is 9.26 Å². The van der Waals surface area contributed by atoms with Crippen LogP contribution in [0.2, 0.25) is 0 Å². The fraction of sp³-hybridized carbons (Fsp3) is 0.167. The number of hydrogen-bond acceptors (Lipinski definition) is 8. The first-order valence-electron chi connectivity index (χ1n) is 10.6. The lowest BCUT2D eigenvalue weighted by atomic mass is 10.0. The van der Waals surface area contributed by atoms with Crippen molar-refractivity contribution in [3.63, 3.8) is 0 Å². The summed E-state index contributed by atoms with van der Waals surface area (Å²) in [6.07, 6.45) is 3.86. The fourth-order valence-electron chi connectivity index (χ4n) is 3.74. The van der Waals surface area contributed by atoms with Gasteiger partial charge < -0.3 is 9.26 Å². The minimum absolute atomic E-state index is 0.0398. The van der Waals surface area contributed by atoms with Gasteiger partial charge >= 0.3 is 5.97 Å². The Morgan fingerprint density at radius 3 is 2.74 bits per heavy atom. The summed E-state index contributed by atoms with van der Waals surface area (Å²) >= 11 is 0. The molecule has 3 heterocycles. The molecule has 0 saturated heterocycles. The van der Waals surface area contributed by atoms with Crippen molar-refractivity contribution in [2.45, 2.75) is 24.5 Å². The van der Waals surface area contributed by atoms with Crippen LogP contribution in [-0.4, -0.2) is 40.4 Å². The van der Waals surface area contributed by atoms with Crippen molar-refractivity contribution in [1.82, 2.24) is 19.4 Å². The molecule has 0 aliphatic carbocycles. The fourth-order valence-corrected chi connectivity index (χ4v) is 5.21. The van der Waals surface area contributed by atoms with E-state index < -0.39 is 16.0 Å². The maximum Gasteiger partial charge on any atom is 0.338 e. The van der Waals surface area contributed by atoms with E-state index in [-0.39, 0.29) is 23.0 Å². The van der Waals surface area contributed by atoms with E-state index in [0.29, 0.717) is 30.9 Å². The van der Waals surface area contributed by atoms with Crippen molar-refractivity contribution < 1.29 is 22.5 Å². The molecule has 0 unspecified atom stereocenters. The number of aromatic nitrogens is 3. The zero-order chi connectivity index (χ0) is 23.5. The number of fused-ring (bicyclic) bond motifs is 1. The SMILES string of the molecule is O=C(OCc1nc(-c2cccnc2)no1)c1cccc(S(=O)(=O)N2CCc3ccccc3C2)c1. The van der Waals surface area contributed by atoms with Crippen molar-refractivity contribution in [1.29, 1.82) is 0 Å². The van der Waals surface area contributed by atoms with Crippen LogP contribution in [0.1, 0.15) is 27.4 Å². The van der Waals surface area contributed by atoms with E-state index in [9.17, 15) is 13.2 Å². The van der Waals surface area contributed by atoms with Crippen LogP contribution in [0.25, 0.3) is 11.4 Å². The Hall–Kier alpha value is -3.89. The molecular formula is C24H20N4O5S. The summed E-state index contributed by atoms with van der Waals surface area (Å²) in [5.41, 5.74) is 2.92. The molecule has 0 fully saturated rings. The number of hydrogen-bond donors (Lipinski definition) is 0. The highest BCUT2D eigenvalue weighted by atomic mass is 32.2. The Balaban J connectivity index is 1.27. The van der Waals surface area contributed by atoms with Gasteiger partial charge in [-0.05, 0) is 47.9 Å². The minimum Gasteiger partial charge on any atom is -0.452 e. The molecular weight excluding hydrogens is 456 g/mol. The summed E-state index contributed by atoms with van der Waals surface area (Å²) < 4.78 is 38.3. The second-order valence-electron chi connectivity index (χ2n) is 7.71. The van der Waals surface area contributed by atoms with Crippen molar-refractivity contribution in [3.05, 3.63) is 95.6 Å². The maximum absolute atomic E-state index is 13.2. The van der Waals surface area contributed by atoms with Gasteiger partial charge in [-0.2, -0.15) is 9.29 Å². The average Bonchev–Trinajstić information content (AvgIpc) is 3.37. The summed E-state index contributed by atoms with van der Waals surface area (Å²) in [5.74, 6) is -0.250. The lowest BCUT2D eigenvalue weighted by Gasteiger charge is -2.28. The number of benzene rings is 2. The predicted molar refractivity (Wildman–Crippen MR) is 121 cm³/mol. The highest BCUT2D eigenvalue weighted by molar-refractivity contribution is 7.89. The Morgan fingerprint density at radius 2 is 1.91 bits per heavy atom. The highest BCUT2D eigenvalue weighted by Gasteiger charge is 2.29. The van der Waals surface area contributed by atoms with Crippen LogP contribution in [0.15, 0.2) is 82.5 Å². The van der Waals surface area contributed by atoms with Gasteiger partial charge in [0.2, 0.25) is 15.8 Å². The molecule has 1 aliphatic rings. The van der Waals surface area contributed by atoms with Crippen LogP contribution in [0.5, 0.6) is 0 Å². The third-order valence-electron chi connectivity index (χ3n) is 5.52. The van der Waals surface area contributed by atoms with Crippen molar-refractivity contribution in [2.75, 3.05) is 6.54 Å². The molecule has 10 heteroatoms. The molecule has 0 bridgehead atoms. The normalized spacial score (nSPS) is 13.9. The van der Waals surface area contributed by atoms with Crippen LogP contribution >= 0.6 is 0 Å². The van der Waals surface area contributed by atoms with Gasteiger partial charge in [0.1, 0.15) is 0 Å². The predicted octanol–water partition coefficient (Wildman–Crippen LogP) is 3.24. The molecule has 0 N–H and O–H groups in total. The van der Waals surface area contributed by atoms with E-state index >= 15 is 0 Å². The third kappa shape index (κ3) is 4.45. The maximum atomic E-state index is 13.2. The van der Waals surface area contributed by atoms with Crippen LogP contribution in [0, 0.1) is 0 Å². The van der Waals surface area contributed by atoms with Crippen LogP contribution in [0.4, 0.5) is 0 Å². The van der Waals surface area contributed by atoms with E-state index in [2.05, 4.69) is 15.1 Å². The van der Waals surface area contributed by atoms with Crippen molar-refractivity contribution >= 4 is 16.0 Å². The monoisotopic (exact) mass is 476 g/mol. The number of esters is 1. The Morgan fingerprint density at radius 1 is 1.06 bits per heavy atom. The molecule has 5 rings (SSSR count). The van der Waals surface area contributed by atoms with E-state index in [0.717, 1.165) is 11.1 Å². The first kappa shape index (κ1) is 21.9. The summed E-state index contributed by atoms with van der Waals surface area (Å²) in [7, 11) is -3.78. The lowest BCUT2D eigenvalue weighted by molar-refractivity contribution is 0.0429. The number of nitrogens with zero attached hydrogens (tertiary/aromatic N) is 4. The van der Waals surface area contributed by atoms with Gasteiger partial charge in [0, 0.05) is 31.0 Å². The Labute approximate surface area is 196 Å². The van der Waals surface area contributed by atoms with Gasteiger partial charge in [-0.1, -0.05) is 35.5 Å². The number of ether oxygens (including phenoxy) is 1. The zero-order valence-corrected chi connectivity index (χ0v) is 18.8. The second kappa shape index (κ2) is 9.16. The standard InChI is InChI=1S/C24H20N4O5S/c29-24(32-16-22-26-23(27-33-22)19-8-4-11-25-14-19)18-7-3-9-21(13-18)34(30,31)28-12-10-17-5-1-2-6-20(17)15-28/h1-9,11,13-14H,10,12,15-16H2. The topological polar surface area (TPSA) is 115 Å². The first-order chi connectivity index (χ1) is 16.5. The summed E-state index contributed by atoms with van der Waals surface area (Å²) in [6.45, 7) is 0.431. The van der Waals surface area contributed by atoms with Crippen LogP contribution < -0.4 is 0 Å². The quantitative estimate of drug-likeness (QED) is 0.390. The molecule has 4 aromatic rings. The third-order valence-corrected chi connectivity index (χ3v) is 7.36. The van der Waals surface area contributed by atoms with Gasteiger partial charge in [-0.15, -0.1) is 0 Å². The van der Waals surface area contributed by atoms with Gasteiger partial charge in [0.15, 0.2) is 6.61 Å². The minimum atomic E-state index is -3.78. The van der Waals surface area contributed by atoms with Crippen molar-refractivity contribution in [2.24, 2.45) is 0 Å². The number of carbonyl (C=O) groups is 1. The van der Waals surface area contributed by atoms with Gasteiger partial charge in [0.25, 0.3) is 5.89 Å². The Bertz CT molecular complexity index is 1440. The molecule has 2 aromatic carbocycles. The smallest absolute Gasteiger partial charge is 0.338 e. The number of rotatable bonds is 6. The van der Waals surface area contributed by atoms with E-state index in [1.807, 2.05) is 24.3 Å². The van der Waals surface area contributed by atoms with Gasteiger partial charge in [0.05, 0.1) is 10.5 Å². The molecule has 9 nitrogen and oxygen atoms in total. The lowest BCUT2D eigenvalue weighted by Crippen LogP contribution is -2.36. The number of pyridine rings is 1.